The lowest BCUT2D eigenvalue weighted by Gasteiger charge is -1.93. The van der Waals surface area contributed by atoms with Crippen molar-refractivity contribution in [2.45, 2.75) is 6.92 Å². The van der Waals surface area contributed by atoms with E-state index in [9.17, 15) is 10.1 Å². The Morgan fingerprint density at radius 2 is 2.00 bits per heavy atom. The second-order valence-electron chi connectivity index (χ2n) is 2.94. The van der Waals surface area contributed by atoms with E-state index in [-0.39, 0.29) is 5.69 Å². The van der Waals surface area contributed by atoms with Crippen molar-refractivity contribution < 1.29 is 9.45 Å². The van der Waals surface area contributed by atoms with Gasteiger partial charge in [0.05, 0.1) is 4.92 Å². The van der Waals surface area contributed by atoms with Gasteiger partial charge in [-0.3, -0.25) is 10.1 Å². The van der Waals surface area contributed by atoms with E-state index in [1.165, 1.54) is 12.1 Å². The number of rotatable bonds is 2. The maximum Gasteiger partial charge on any atom is 0.269 e. The molecule has 15 heavy (non-hydrogen) atoms. The van der Waals surface area contributed by atoms with Crippen molar-refractivity contribution >= 4 is 5.69 Å². The van der Waals surface area contributed by atoms with Gasteiger partial charge in [-0.25, -0.2) is 0 Å². The number of non-ortho nitro benzene ring substituents is 1. The molecule has 0 aliphatic rings. The van der Waals surface area contributed by atoms with Gasteiger partial charge in [0.25, 0.3) is 5.69 Å². The molecule has 1 heterocycles. The van der Waals surface area contributed by atoms with Gasteiger partial charge in [0.1, 0.15) is 0 Å². The van der Waals surface area contributed by atoms with E-state index < -0.39 is 4.92 Å². The molecule has 0 aliphatic heterocycles. The highest BCUT2D eigenvalue weighted by Gasteiger charge is 2.08. The molecule has 0 saturated heterocycles. The first-order valence-corrected chi connectivity index (χ1v) is 4.22. The molecular formula is C9H7N3O3. The van der Waals surface area contributed by atoms with Crippen molar-refractivity contribution in [2.75, 3.05) is 0 Å². The Bertz CT molecular complexity index is 490. The van der Waals surface area contributed by atoms with Crippen LogP contribution in [0.15, 0.2) is 28.8 Å². The molecule has 0 saturated carbocycles. The number of hydrogen-bond donors (Lipinski definition) is 0. The third-order valence-corrected chi connectivity index (χ3v) is 1.86. The second kappa shape index (κ2) is 3.49. The number of benzene rings is 1. The molecule has 0 atom stereocenters. The first kappa shape index (κ1) is 9.32. The van der Waals surface area contributed by atoms with Gasteiger partial charge in [-0.1, -0.05) is 5.16 Å². The zero-order valence-electron chi connectivity index (χ0n) is 7.88. The smallest absolute Gasteiger partial charge is 0.269 e. The summed E-state index contributed by atoms with van der Waals surface area (Å²) in [5.41, 5.74) is 0.733. The molecule has 76 valence electrons. The van der Waals surface area contributed by atoms with Gasteiger partial charge in [0, 0.05) is 24.6 Å². The average molecular weight is 205 g/mol. The number of nitrogens with zero attached hydrogens (tertiary/aromatic N) is 3. The Morgan fingerprint density at radius 1 is 1.33 bits per heavy atom. The van der Waals surface area contributed by atoms with Crippen molar-refractivity contribution in [3.8, 4) is 11.4 Å². The van der Waals surface area contributed by atoms with Crippen LogP contribution >= 0.6 is 0 Å². The molecule has 0 N–H and O–H groups in total. The van der Waals surface area contributed by atoms with Crippen LogP contribution in [0.3, 0.4) is 0 Å². The van der Waals surface area contributed by atoms with Crippen LogP contribution in [0.1, 0.15) is 5.89 Å². The summed E-state index contributed by atoms with van der Waals surface area (Å²) in [4.78, 5) is 14.0. The van der Waals surface area contributed by atoms with Gasteiger partial charge in [-0.15, -0.1) is 0 Å². The van der Waals surface area contributed by atoms with Gasteiger partial charge in [-0.05, 0) is 12.1 Å². The minimum absolute atomic E-state index is 0.0407. The van der Waals surface area contributed by atoms with Crippen molar-refractivity contribution in [2.24, 2.45) is 0 Å². The van der Waals surface area contributed by atoms with E-state index in [1.807, 2.05) is 0 Å². The van der Waals surface area contributed by atoms with Crippen LogP contribution in [0.4, 0.5) is 5.69 Å². The number of nitro benzene ring substituents is 1. The number of aromatic nitrogens is 2. The zero-order chi connectivity index (χ0) is 10.8. The Kier molecular flexibility index (Phi) is 2.17. The van der Waals surface area contributed by atoms with Gasteiger partial charge in [-0.2, -0.15) is 4.98 Å². The lowest BCUT2D eigenvalue weighted by molar-refractivity contribution is -0.384. The molecule has 0 bridgehead atoms. The van der Waals surface area contributed by atoms with E-state index in [2.05, 4.69) is 10.1 Å². The first-order chi connectivity index (χ1) is 7.16. The third-order valence-electron chi connectivity index (χ3n) is 1.86. The highest BCUT2D eigenvalue weighted by Crippen LogP contribution is 2.19. The highest BCUT2D eigenvalue weighted by molar-refractivity contribution is 5.56. The third kappa shape index (κ3) is 1.83. The Morgan fingerprint density at radius 3 is 2.47 bits per heavy atom. The molecule has 6 nitrogen and oxygen atoms in total. The van der Waals surface area contributed by atoms with Crippen LogP contribution in [0.2, 0.25) is 0 Å². The number of aryl methyl sites for hydroxylation is 1. The van der Waals surface area contributed by atoms with Gasteiger partial charge < -0.3 is 4.52 Å². The summed E-state index contributed by atoms with van der Waals surface area (Å²) >= 11 is 0. The monoisotopic (exact) mass is 205 g/mol. The molecule has 0 radical (unpaired) electrons. The van der Waals surface area contributed by atoms with E-state index in [0.717, 1.165) is 0 Å². The summed E-state index contributed by atoms with van der Waals surface area (Å²) in [6.45, 7) is 1.68. The van der Waals surface area contributed by atoms with E-state index in [0.29, 0.717) is 17.3 Å². The molecule has 0 fully saturated rings. The lowest BCUT2D eigenvalue weighted by atomic mass is 10.2. The van der Waals surface area contributed by atoms with Crippen LogP contribution in [-0.2, 0) is 0 Å². The predicted octanol–water partition coefficient (Wildman–Crippen LogP) is 1.95. The summed E-state index contributed by atoms with van der Waals surface area (Å²) in [5.74, 6) is 0.894. The van der Waals surface area contributed by atoms with Crippen LogP contribution < -0.4 is 0 Å². The maximum absolute atomic E-state index is 10.4. The van der Waals surface area contributed by atoms with Gasteiger partial charge in [0.2, 0.25) is 11.7 Å². The molecule has 2 rings (SSSR count). The van der Waals surface area contributed by atoms with Crippen molar-refractivity contribution in [3.63, 3.8) is 0 Å². The fraction of sp³-hybridized carbons (Fsp3) is 0.111. The first-order valence-electron chi connectivity index (χ1n) is 4.22. The standard InChI is InChI=1S/C9H7N3O3/c1-6-10-9(11-15-6)7-2-4-8(5-3-7)12(13)14/h2-5H,1H3. The Hall–Kier alpha value is -2.24. The molecule has 0 amide bonds. The summed E-state index contributed by atoms with van der Waals surface area (Å²) in [7, 11) is 0. The Labute approximate surface area is 84.7 Å². The summed E-state index contributed by atoms with van der Waals surface area (Å²) in [6, 6.07) is 5.98. The fourth-order valence-corrected chi connectivity index (χ4v) is 1.15. The summed E-state index contributed by atoms with van der Waals surface area (Å²) in [5, 5.41) is 14.1. The topological polar surface area (TPSA) is 82.1 Å². The van der Waals surface area contributed by atoms with Crippen molar-refractivity contribution in [1.29, 1.82) is 0 Å². The van der Waals surface area contributed by atoms with Gasteiger partial charge >= 0.3 is 0 Å². The van der Waals surface area contributed by atoms with Crippen LogP contribution in [0, 0.1) is 17.0 Å². The number of nitro groups is 1. The normalized spacial score (nSPS) is 10.2. The predicted molar refractivity (Wildman–Crippen MR) is 51.1 cm³/mol. The molecule has 0 aliphatic carbocycles. The minimum atomic E-state index is -0.453. The second-order valence-corrected chi connectivity index (χ2v) is 2.94. The highest BCUT2D eigenvalue weighted by atomic mass is 16.6. The molecule has 1 aromatic carbocycles. The quantitative estimate of drug-likeness (QED) is 0.552. The molecule has 2 aromatic rings. The molecule has 0 unspecified atom stereocenters. The minimum Gasteiger partial charge on any atom is -0.339 e. The summed E-state index contributed by atoms with van der Waals surface area (Å²) < 4.78 is 4.80. The van der Waals surface area contributed by atoms with E-state index in [4.69, 9.17) is 4.52 Å². The van der Waals surface area contributed by atoms with Crippen LogP contribution in [0.5, 0.6) is 0 Å². The number of hydrogen-bond acceptors (Lipinski definition) is 5. The maximum atomic E-state index is 10.4. The van der Waals surface area contributed by atoms with Crippen LogP contribution in [-0.4, -0.2) is 15.1 Å². The van der Waals surface area contributed by atoms with E-state index in [1.54, 1.807) is 19.1 Å². The van der Waals surface area contributed by atoms with Crippen LogP contribution in [0.25, 0.3) is 11.4 Å². The Balaban J connectivity index is 2.35. The molecule has 0 spiro atoms. The van der Waals surface area contributed by atoms with Crippen molar-refractivity contribution in [3.05, 3.63) is 40.3 Å². The summed E-state index contributed by atoms with van der Waals surface area (Å²) in [6.07, 6.45) is 0. The van der Waals surface area contributed by atoms with Gasteiger partial charge in [0.15, 0.2) is 0 Å². The van der Waals surface area contributed by atoms with Crippen molar-refractivity contribution in [1.82, 2.24) is 10.1 Å². The van der Waals surface area contributed by atoms with E-state index >= 15 is 0 Å². The largest absolute Gasteiger partial charge is 0.339 e. The fourth-order valence-electron chi connectivity index (χ4n) is 1.15. The molecule has 1 aromatic heterocycles. The SMILES string of the molecule is Cc1nc(-c2ccc([N+](=O)[O-])cc2)no1. The molecule has 6 heteroatoms. The molecular weight excluding hydrogens is 198 g/mol. The zero-order valence-corrected chi connectivity index (χ0v) is 7.88. The average Bonchev–Trinajstić information content (AvgIpc) is 2.65. The lowest BCUT2D eigenvalue weighted by Crippen LogP contribution is -1.87.